The second kappa shape index (κ2) is 9.23. The van der Waals surface area contributed by atoms with E-state index in [1.54, 1.807) is 0 Å². The third kappa shape index (κ3) is 4.49. The number of hydrogen-bond acceptors (Lipinski definition) is 1. The first-order chi connectivity index (χ1) is 12.3. The Morgan fingerprint density at radius 2 is 1.58 bits per heavy atom. The van der Waals surface area contributed by atoms with Crippen molar-refractivity contribution in [1.82, 2.24) is 0 Å². The van der Waals surface area contributed by atoms with Crippen LogP contribution >= 0.6 is 12.6 Å². The van der Waals surface area contributed by atoms with Gasteiger partial charge in [0.2, 0.25) is 0 Å². The summed E-state index contributed by atoms with van der Waals surface area (Å²) in [5.41, 5.74) is 1.08. The van der Waals surface area contributed by atoms with E-state index < -0.39 is 0 Å². The lowest BCUT2D eigenvalue weighted by Gasteiger charge is -2.27. The molecule has 154 valence electrons. The van der Waals surface area contributed by atoms with Crippen molar-refractivity contribution in [3.63, 3.8) is 0 Å². The van der Waals surface area contributed by atoms with E-state index in [2.05, 4.69) is 41.5 Å². The monoisotopic (exact) mass is 380 g/mol. The first-order valence-corrected chi connectivity index (χ1v) is 12.4. The Hall–Kier alpha value is 0.350. The van der Waals surface area contributed by atoms with Gasteiger partial charge in [0.15, 0.2) is 0 Å². The molecule has 0 spiro atoms. The van der Waals surface area contributed by atoms with Gasteiger partial charge in [0.05, 0.1) is 0 Å². The molecule has 4 atom stereocenters. The van der Waals surface area contributed by atoms with Crippen LogP contribution in [0.2, 0.25) is 0 Å². The molecular weight excluding hydrogens is 332 g/mol. The molecule has 26 heavy (non-hydrogen) atoms. The Bertz CT molecular complexity index is 414. The zero-order chi connectivity index (χ0) is 19.4. The van der Waals surface area contributed by atoms with Crippen molar-refractivity contribution in [2.24, 2.45) is 28.6 Å². The lowest BCUT2D eigenvalue weighted by atomic mass is 9.79. The summed E-state index contributed by atoms with van der Waals surface area (Å²) in [4.78, 5) is 0. The van der Waals surface area contributed by atoms with E-state index >= 15 is 0 Å². The normalized spacial score (nSPS) is 32.2. The molecule has 0 radical (unpaired) electrons. The van der Waals surface area contributed by atoms with E-state index in [9.17, 15) is 0 Å². The summed E-state index contributed by atoms with van der Waals surface area (Å²) in [6, 6.07) is 0. The van der Waals surface area contributed by atoms with Crippen LogP contribution in [0.25, 0.3) is 0 Å². The lowest BCUT2D eigenvalue weighted by molar-refractivity contribution is 0.248. The Morgan fingerprint density at radius 1 is 1.00 bits per heavy atom. The number of rotatable bonds is 11. The molecule has 0 N–H and O–H groups in total. The summed E-state index contributed by atoms with van der Waals surface area (Å²) in [6.07, 6.45) is 18.5. The fourth-order valence-electron chi connectivity index (χ4n) is 7.25. The average Bonchev–Trinajstić information content (AvgIpc) is 3.13. The molecule has 2 rings (SSSR count). The molecule has 0 aromatic rings. The van der Waals surface area contributed by atoms with Crippen LogP contribution in [0.15, 0.2) is 0 Å². The minimum atomic E-state index is 0.200. The van der Waals surface area contributed by atoms with Gasteiger partial charge in [-0.05, 0) is 60.7 Å². The van der Waals surface area contributed by atoms with Crippen LogP contribution < -0.4 is 0 Å². The summed E-state index contributed by atoms with van der Waals surface area (Å²) >= 11 is 5.21. The Kier molecular flexibility index (Phi) is 8.04. The predicted octanol–water partition coefficient (Wildman–Crippen LogP) is 8.69. The van der Waals surface area contributed by atoms with Gasteiger partial charge in [-0.1, -0.05) is 92.9 Å². The summed E-state index contributed by atoms with van der Waals surface area (Å²) in [7, 11) is 0. The maximum absolute atomic E-state index is 5.21. The standard InChI is InChI=1S/C25H48S/c1-7-16-25(17-8-2)22(24(6,26)9-3)23(25,5)18-15-20(4)19-21-13-11-10-12-14-21/h20-22,26H,7-19H2,1-6H3. The Balaban J connectivity index is 2.03. The van der Waals surface area contributed by atoms with Gasteiger partial charge in [-0.25, -0.2) is 0 Å². The molecule has 0 aliphatic heterocycles. The molecule has 2 aliphatic carbocycles. The Labute approximate surface area is 171 Å². The van der Waals surface area contributed by atoms with Crippen LogP contribution in [0.1, 0.15) is 125 Å². The summed E-state index contributed by atoms with van der Waals surface area (Å²) in [6.45, 7) is 14.7. The third-order valence-electron chi connectivity index (χ3n) is 8.59. The fraction of sp³-hybridized carbons (Fsp3) is 1.00. The lowest BCUT2D eigenvalue weighted by Crippen LogP contribution is -2.24. The number of hydrogen-bond donors (Lipinski definition) is 1. The highest BCUT2D eigenvalue weighted by atomic mass is 32.1. The van der Waals surface area contributed by atoms with Crippen LogP contribution in [0.3, 0.4) is 0 Å². The minimum Gasteiger partial charge on any atom is -0.172 e. The molecule has 2 fully saturated rings. The maximum Gasteiger partial charge on any atom is 0.0138 e. The molecular formula is C25H48S. The van der Waals surface area contributed by atoms with Gasteiger partial charge in [0.1, 0.15) is 0 Å². The minimum absolute atomic E-state index is 0.200. The zero-order valence-electron chi connectivity index (χ0n) is 18.9. The highest BCUT2D eigenvalue weighted by molar-refractivity contribution is 7.81. The van der Waals surface area contributed by atoms with Crippen LogP contribution in [0, 0.1) is 28.6 Å². The van der Waals surface area contributed by atoms with Gasteiger partial charge in [-0.3, -0.25) is 0 Å². The SMILES string of the molecule is CCCC1(CCC)C(C(C)(S)CC)C1(C)CCC(C)CC1CCCCC1. The van der Waals surface area contributed by atoms with Gasteiger partial charge in [-0.15, -0.1) is 0 Å². The molecule has 2 saturated carbocycles. The second-order valence-corrected chi connectivity index (χ2v) is 11.6. The van der Waals surface area contributed by atoms with Crippen molar-refractivity contribution in [2.45, 2.75) is 130 Å². The highest BCUT2D eigenvalue weighted by Crippen LogP contribution is 2.79. The molecule has 0 saturated heterocycles. The van der Waals surface area contributed by atoms with Crippen LogP contribution in [-0.4, -0.2) is 4.75 Å². The molecule has 4 unspecified atom stereocenters. The van der Waals surface area contributed by atoms with Crippen molar-refractivity contribution < 1.29 is 0 Å². The molecule has 2 aliphatic rings. The van der Waals surface area contributed by atoms with Gasteiger partial charge in [-0.2, -0.15) is 12.6 Å². The zero-order valence-corrected chi connectivity index (χ0v) is 19.8. The van der Waals surface area contributed by atoms with Crippen LogP contribution in [0.4, 0.5) is 0 Å². The summed E-state index contributed by atoms with van der Waals surface area (Å²) in [5.74, 6) is 2.74. The first-order valence-electron chi connectivity index (χ1n) is 12.0. The van der Waals surface area contributed by atoms with Crippen molar-refractivity contribution in [3.05, 3.63) is 0 Å². The van der Waals surface area contributed by atoms with E-state index in [0.29, 0.717) is 10.8 Å². The first kappa shape index (κ1) is 22.6. The topological polar surface area (TPSA) is 0 Å². The van der Waals surface area contributed by atoms with E-state index in [0.717, 1.165) is 17.8 Å². The maximum atomic E-state index is 5.21. The quantitative estimate of drug-likeness (QED) is 0.340. The van der Waals surface area contributed by atoms with Crippen LogP contribution in [-0.2, 0) is 0 Å². The summed E-state index contributed by atoms with van der Waals surface area (Å²) in [5, 5.41) is 0. The molecule has 0 bridgehead atoms. The van der Waals surface area contributed by atoms with Crippen molar-refractivity contribution in [2.75, 3.05) is 0 Å². The molecule has 1 heteroatoms. The van der Waals surface area contributed by atoms with Crippen molar-refractivity contribution >= 4 is 12.6 Å². The molecule has 0 aromatic carbocycles. The smallest absolute Gasteiger partial charge is 0.0138 e. The van der Waals surface area contributed by atoms with Crippen molar-refractivity contribution in [1.29, 1.82) is 0 Å². The summed E-state index contributed by atoms with van der Waals surface area (Å²) < 4.78 is 0.200. The van der Waals surface area contributed by atoms with E-state index in [1.807, 2.05) is 0 Å². The molecule has 0 aromatic heterocycles. The average molecular weight is 381 g/mol. The largest absolute Gasteiger partial charge is 0.172 e. The van der Waals surface area contributed by atoms with E-state index in [1.165, 1.54) is 83.5 Å². The van der Waals surface area contributed by atoms with E-state index in [4.69, 9.17) is 12.6 Å². The second-order valence-electron chi connectivity index (χ2n) is 10.6. The van der Waals surface area contributed by atoms with Gasteiger partial charge in [0, 0.05) is 4.75 Å². The highest BCUT2D eigenvalue weighted by Gasteiger charge is 2.74. The van der Waals surface area contributed by atoms with Gasteiger partial charge >= 0.3 is 0 Å². The van der Waals surface area contributed by atoms with Gasteiger partial charge < -0.3 is 0 Å². The van der Waals surface area contributed by atoms with Gasteiger partial charge in [0.25, 0.3) is 0 Å². The van der Waals surface area contributed by atoms with E-state index in [-0.39, 0.29) is 4.75 Å². The number of thiol groups is 1. The van der Waals surface area contributed by atoms with Crippen molar-refractivity contribution in [3.8, 4) is 0 Å². The molecule has 0 nitrogen and oxygen atoms in total. The molecule has 0 heterocycles. The van der Waals surface area contributed by atoms with Crippen LogP contribution in [0.5, 0.6) is 0 Å². The predicted molar refractivity (Wildman–Crippen MR) is 121 cm³/mol. The third-order valence-corrected chi connectivity index (χ3v) is 9.17. The fourth-order valence-corrected chi connectivity index (χ4v) is 7.78. The Morgan fingerprint density at radius 3 is 2.08 bits per heavy atom. The molecule has 0 amide bonds.